The second-order valence-electron chi connectivity index (χ2n) is 10.2. The molecule has 0 saturated heterocycles. The number of methoxy groups -OCH3 is 1. The van der Waals surface area contributed by atoms with Gasteiger partial charge in [0.05, 0.1) is 7.11 Å². The minimum atomic E-state index is -0.159. The molecule has 1 aliphatic rings. The van der Waals surface area contributed by atoms with E-state index in [-0.39, 0.29) is 12.5 Å². The maximum absolute atomic E-state index is 14.5. The van der Waals surface area contributed by atoms with Gasteiger partial charge in [-0.3, -0.25) is 0 Å². The second kappa shape index (κ2) is 8.78. The van der Waals surface area contributed by atoms with Crippen LogP contribution in [0.1, 0.15) is 22.3 Å². The van der Waals surface area contributed by atoms with Gasteiger partial charge in [-0.25, -0.2) is 4.39 Å². The molecule has 0 amide bonds. The van der Waals surface area contributed by atoms with Crippen molar-refractivity contribution in [3.05, 3.63) is 106 Å². The number of rotatable bonds is 3. The summed E-state index contributed by atoms with van der Waals surface area (Å²) < 4.78 is 20.3. The Balaban J connectivity index is 1.74. The number of aryl methyl sites for hydroxylation is 4. The highest BCUT2D eigenvalue weighted by molar-refractivity contribution is 6.99. The lowest BCUT2D eigenvalue weighted by atomic mass is 9.32. The third kappa shape index (κ3) is 3.68. The van der Waals surface area contributed by atoms with E-state index in [9.17, 15) is 4.39 Å². The zero-order valence-electron chi connectivity index (χ0n) is 21.7. The molecular formula is C33H27BClFO. The molecule has 0 spiro atoms. The lowest BCUT2D eigenvalue weighted by Crippen LogP contribution is -2.56. The highest BCUT2D eigenvalue weighted by Gasteiger charge is 2.35. The van der Waals surface area contributed by atoms with Crippen LogP contribution >= 0.6 is 11.6 Å². The Morgan fingerprint density at radius 2 is 1.49 bits per heavy atom. The van der Waals surface area contributed by atoms with Crippen molar-refractivity contribution >= 4 is 45.5 Å². The van der Waals surface area contributed by atoms with E-state index in [0.717, 1.165) is 27.9 Å². The molecule has 0 bridgehead atoms. The van der Waals surface area contributed by atoms with E-state index < -0.39 is 0 Å². The van der Waals surface area contributed by atoms with Gasteiger partial charge in [-0.05, 0) is 85.0 Å². The molecule has 182 valence electrons. The van der Waals surface area contributed by atoms with E-state index >= 15 is 0 Å². The van der Waals surface area contributed by atoms with Gasteiger partial charge in [0.15, 0.2) is 0 Å². The summed E-state index contributed by atoms with van der Waals surface area (Å²) >= 11 is 6.29. The molecule has 0 radical (unpaired) electrons. The topological polar surface area (TPSA) is 9.23 Å². The monoisotopic (exact) mass is 504 g/mol. The molecule has 0 aromatic heterocycles. The lowest BCUT2D eigenvalue weighted by Gasteiger charge is -2.31. The molecule has 0 saturated carbocycles. The van der Waals surface area contributed by atoms with E-state index in [1.54, 1.807) is 13.2 Å². The predicted molar refractivity (Wildman–Crippen MR) is 156 cm³/mol. The van der Waals surface area contributed by atoms with Gasteiger partial charge in [-0.1, -0.05) is 93.2 Å². The molecule has 4 heteroatoms. The normalized spacial score (nSPS) is 12.1. The van der Waals surface area contributed by atoms with Crippen LogP contribution in [0, 0.1) is 33.5 Å². The first-order valence-electron chi connectivity index (χ1n) is 12.6. The van der Waals surface area contributed by atoms with Gasteiger partial charge in [0.2, 0.25) is 6.71 Å². The summed E-state index contributed by atoms with van der Waals surface area (Å²) in [5, 5.41) is 3.05. The van der Waals surface area contributed by atoms with Crippen molar-refractivity contribution in [3.63, 3.8) is 0 Å². The van der Waals surface area contributed by atoms with E-state index in [4.69, 9.17) is 16.3 Å². The van der Waals surface area contributed by atoms with Crippen molar-refractivity contribution in [2.24, 2.45) is 0 Å². The molecule has 5 aromatic rings. The van der Waals surface area contributed by atoms with E-state index in [1.807, 2.05) is 38.1 Å². The molecule has 1 heterocycles. The Labute approximate surface area is 223 Å². The van der Waals surface area contributed by atoms with Gasteiger partial charge < -0.3 is 4.74 Å². The third-order valence-electron chi connectivity index (χ3n) is 7.81. The summed E-state index contributed by atoms with van der Waals surface area (Å²) in [5.41, 5.74) is 12.4. The standard InChI is InChI=1S/C33H27BClFO/c1-18-13-21(4)33-27(14-18)26-8-6-7-25-23(24-10-9-22(35)17-31(24)37-5)11-12-28(32(25)26)34(33)29-15-20(3)30(36)16-19(29)2/h6-17H,1-5H3. The van der Waals surface area contributed by atoms with E-state index in [1.165, 1.54) is 44.0 Å². The van der Waals surface area contributed by atoms with Crippen molar-refractivity contribution < 1.29 is 9.13 Å². The molecule has 6 rings (SSSR count). The summed E-state index contributed by atoms with van der Waals surface area (Å²) in [4.78, 5) is 0. The summed E-state index contributed by atoms with van der Waals surface area (Å²) in [6.45, 7) is 8.23. The van der Waals surface area contributed by atoms with Crippen LogP contribution in [-0.2, 0) is 0 Å². The van der Waals surface area contributed by atoms with Crippen molar-refractivity contribution in [2.75, 3.05) is 7.11 Å². The second-order valence-corrected chi connectivity index (χ2v) is 10.6. The number of hydrogen-bond acceptors (Lipinski definition) is 1. The van der Waals surface area contributed by atoms with Crippen LogP contribution in [0.2, 0.25) is 5.02 Å². The Bertz CT molecular complexity index is 1740. The summed E-state index contributed by atoms with van der Waals surface area (Å²) in [7, 11) is 1.68. The van der Waals surface area contributed by atoms with Crippen LogP contribution in [0.15, 0.2) is 72.8 Å². The zero-order chi connectivity index (χ0) is 26.0. The van der Waals surface area contributed by atoms with Crippen LogP contribution < -0.4 is 21.1 Å². The average Bonchev–Trinajstić information content (AvgIpc) is 2.87. The van der Waals surface area contributed by atoms with Gasteiger partial charge in [0, 0.05) is 10.6 Å². The fraction of sp³-hybridized carbons (Fsp3) is 0.152. The van der Waals surface area contributed by atoms with Gasteiger partial charge in [-0.2, -0.15) is 0 Å². The van der Waals surface area contributed by atoms with Crippen LogP contribution in [0.25, 0.3) is 33.0 Å². The molecule has 0 unspecified atom stereocenters. The Hall–Kier alpha value is -3.56. The van der Waals surface area contributed by atoms with Crippen LogP contribution in [-0.4, -0.2) is 13.8 Å². The quantitative estimate of drug-likeness (QED) is 0.235. The van der Waals surface area contributed by atoms with E-state index in [0.29, 0.717) is 10.6 Å². The first kappa shape index (κ1) is 23.8. The molecule has 37 heavy (non-hydrogen) atoms. The number of ether oxygens (including phenoxy) is 1. The fourth-order valence-electron chi connectivity index (χ4n) is 6.20. The summed E-state index contributed by atoms with van der Waals surface area (Å²) in [5.74, 6) is 0.589. The molecule has 0 N–H and O–H groups in total. The van der Waals surface area contributed by atoms with Crippen molar-refractivity contribution in [1.82, 2.24) is 0 Å². The Morgan fingerprint density at radius 3 is 2.27 bits per heavy atom. The molecule has 0 aliphatic carbocycles. The maximum atomic E-state index is 14.5. The summed E-state index contributed by atoms with van der Waals surface area (Å²) in [6, 6.07) is 25.1. The molecule has 1 nitrogen and oxygen atoms in total. The molecule has 5 aromatic carbocycles. The predicted octanol–water partition coefficient (Wildman–Crippen LogP) is 7.04. The smallest absolute Gasteiger partial charge is 0.243 e. The van der Waals surface area contributed by atoms with Crippen LogP contribution in [0.5, 0.6) is 5.75 Å². The summed E-state index contributed by atoms with van der Waals surface area (Å²) in [6.07, 6.45) is 0. The lowest BCUT2D eigenvalue weighted by molar-refractivity contribution is 0.416. The highest BCUT2D eigenvalue weighted by atomic mass is 35.5. The van der Waals surface area contributed by atoms with Crippen molar-refractivity contribution in [2.45, 2.75) is 27.7 Å². The van der Waals surface area contributed by atoms with Crippen molar-refractivity contribution in [3.8, 4) is 28.0 Å². The largest absolute Gasteiger partial charge is 0.496 e. The van der Waals surface area contributed by atoms with Gasteiger partial charge in [0.25, 0.3) is 0 Å². The van der Waals surface area contributed by atoms with Gasteiger partial charge in [-0.15, -0.1) is 0 Å². The van der Waals surface area contributed by atoms with Gasteiger partial charge in [0.1, 0.15) is 11.6 Å². The first-order valence-corrected chi connectivity index (χ1v) is 12.9. The van der Waals surface area contributed by atoms with Crippen molar-refractivity contribution in [1.29, 1.82) is 0 Å². The third-order valence-corrected chi connectivity index (χ3v) is 8.04. The van der Waals surface area contributed by atoms with Gasteiger partial charge >= 0.3 is 0 Å². The van der Waals surface area contributed by atoms with E-state index in [2.05, 4.69) is 56.3 Å². The number of halogens is 2. The molecular weight excluding hydrogens is 478 g/mol. The van der Waals surface area contributed by atoms with Crippen LogP contribution in [0.4, 0.5) is 4.39 Å². The molecule has 1 aliphatic heterocycles. The maximum Gasteiger partial charge on any atom is 0.243 e. The zero-order valence-corrected chi connectivity index (χ0v) is 22.4. The number of benzene rings is 5. The average molecular weight is 505 g/mol. The number of fused-ring (bicyclic) bond motifs is 2. The minimum Gasteiger partial charge on any atom is -0.496 e. The van der Waals surface area contributed by atoms with Crippen LogP contribution in [0.3, 0.4) is 0 Å². The highest BCUT2D eigenvalue weighted by Crippen LogP contribution is 2.40. The Morgan fingerprint density at radius 1 is 0.703 bits per heavy atom. The fourth-order valence-corrected chi connectivity index (χ4v) is 6.36. The SMILES string of the molecule is COc1cc(Cl)ccc1-c1ccc2c3c(cccc13)-c1cc(C)cc(C)c1B2c1cc(C)c(F)cc1C. The minimum absolute atomic E-state index is 0.00784. The number of hydrogen-bond donors (Lipinski definition) is 0. The molecule has 0 atom stereocenters. The Kier molecular flexibility index (Phi) is 5.65. The first-order chi connectivity index (χ1) is 17.8. The molecule has 0 fully saturated rings.